The van der Waals surface area contributed by atoms with E-state index in [0.717, 1.165) is 50.2 Å². The van der Waals surface area contributed by atoms with Crippen molar-refractivity contribution < 1.29 is 4.79 Å². The van der Waals surface area contributed by atoms with Gasteiger partial charge in [-0.15, -0.1) is 5.10 Å². The Morgan fingerprint density at radius 1 is 1.40 bits per heavy atom. The fourth-order valence-corrected chi connectivity index (χ4v) is 3.98. The number of hydrogen-bond donors (Lipinski definition) is 0. The number of carbonyl (C=O) groups is 1. The number of aromatic nitrogens is 3. The van der Waals surface area contributed by atoms with Crippen molar-refractivity contribution in [1.29, 1.82) is 0 Å². The highest BCUT2D eigenvalue weighted by atomic mass is 32.1. The Kier molecular flexibility index (Phi) is 5.75. The van der Waals surface area contributed by atoms with E-state index in [2.05, 4.69) is 38.5 Å². The average molecular weight is 359 g/mol. The number of hydrogen-bond acceptors (Lipinski definition) is 6. The quantitative estimate of drug-likeness (QED) is 0.793. The molecular weight excluding hydrogens is 334 g/mol. The molecule has 1 saturated heterocycles. The summed E-state index contributed by atoms with van der Waals surface area (Å²) in [6, 6.07) is 4.23. The van der Waals surface area contributed by atoms with Gasteiger partial charge in [0.2, 0.25) is 0 Å². The first-order valence-corrected chi connectivity index (χ1v) is 9.59. The third kappa shape index (κ3) is 4.04. The molecule has 0 aromatic carbocycles. The third-order valence-corrected chi connectivity index (χ3v) is 5.19. The van der Waals surface area contributed by atoms with Gasteiger partial charge >= 0.3 is 0 Å². The molecule has 0 spiro atoms. The van der Waals surface area contributed by atoms with Gasteiger partial charge in [-0.1, -0.05) is 23.9 Å². The fourth-order valence-electron chi connectivity index (χ4n) is 3.31. The number of likely N-dealkylation sites (tertiary alicyclic amines) is 1. The van der Waals surface area contributed by atoms with Crippen LogP contribution in [-0.4, -0.2) is 50.9 Å². The van der Waals surface area contributed by atoms with Crippen LogP contribution < -0.4 is 0 Å². The van der Waals surface area contributed by atoms with Crippen LogP contribution in [0.5, 0.6) is 0 Å². The maximum atomic E-state index is 13.0. The smallest absolute Gasteiger partial charge is 0.268 e. The van der Waals surface area contributed by atoms with E-state index in [1.54, 1.807) is 0 Å². The summed E-state index contributed by atoms with van der Waals surface area (Å²) >= 11 is 1.21. The molecule has 3 heterocycles. The van der Waals surface area contributed by atoms with E-state index in [1.165, 1.54) is 17.1 Å². The average Bonchev–Trinajstić information content (AvgIpc) is 3.24. The van der Waals surface area contributed by atoms with E-state index >= 15 is 0 Å². The highest BCUT2D eigenvalue weighted by molar-refractivity contribution is 7.08. The molecule has 1 aliphatic rings. The van der Waals surface area contributed by atoms with E-state index in [-0.39, 0.29) is 11.9 Å². The number of carbonyl (C=O) groups excluding carboxylic acids is 1. The summed E-state index contributed by atoms with van der Waals surface area (Å²) in [5, 5.41) is 4.14. The van der Waals surface area contributed by atoms with Crippen LogP contribution >= 0.6 is 11.5 Å². The van der Waals surface area contributed by atoms with Gasteiger partial charge in [0.1, 0.15) is 4.88 Å². The molecule has 7 heteroatoms. The molecule has 2 aromatic rings. The molecule has 0 bridgehead atoms. The van der Waals surface area contributed by atoms with Gasteiger partial charge in [0.15, 0.2) is 0 Å². The first-order valence-electron chi connectivity index (χ1n) is 8.82. The van der Waals surface area contributed by atoms with Crippen LogP contribution in [0.4, 0.5) is 0 Å². The predicted octanol–water partition coefficient (Wildman–Crippen LogP) is 2.92. The normalized spacial score (nSPS) is 17.4. The van der Waals surface area contributed by atoms with Crippen molar-refractivity contribution in [1.82, 2.24) is 24.4 Å². The summed E-state index contributed by atoms with van der Waals surface area (Å²) < 4.78 is 3.99. The highest BCUT2D eigenvalue weighted by Gasteiger charge is 2.33. The second-order valence-electron chi connectivity index (χ2n) is 6.78. The second-order valence-corrected chi connectivity index (χ2v) is 7.54. The third-order valence-electron chi connectivity index (χ3n) is 4.44. The Bertz CT molecular complexity index is 713. The maximum Gasteiger partial charge on any atom is 0.268 e. The molecule has 2 aromatic heterocycles. The lowest BCUT2D eigenvalue weighted by molar-refractivity contribution is 0.0736. The summed E-state index contributed by atoms with van der Waals surface area (Å²) in [6.07, 6.45) is 5.65. The molecule has 0 aliphatic carbocycles. The van der Waals surface area contributed by atoms with E-state index in [1.807, 2.05) is 25.2 Å². The molecule has 0 radical (unpaired) electrons. The lowest BCUT2D eigenvalue weighted by atomic mass is 10.1. The van der Waals surface area contributed by atoms with Crippen LogP contribution in [0.3, 0.4) is 0 Å². The van der Waals surface area contributed by atoms with Crippen LogP contribution in [0, 0.1) is 0 Å². The van der Waals surface area contributed by atoms with Crippen LogP contribution in [0.25, 0.3) is 0 Å². The molecule has 6 nitrogen and oxygen atoms in total. The molecule has 25 heavy (non-hydrogen) atoms. The van der Waals surface area contributed by atoms with Gasteiger partial charge in [-0.25, -0.2) is 0 Å². The minimum Gasteiger partial charge on any atom is -0.329 e. The zero-order valence-electron chi connectivity index (χ0n) is 15.1. The standard InChI is InChI=1S/C18H25N5OS/c1-4-6-15-17(25-21-20-15)18(24)23-10-5-7-16(23)14-9-8-13(11-19-14)12-22(2)3/h8-9,11,16H,4-7,10,12H2,1-3H3/t16-/m0/s1. The Balaban J connectivity index is 1.78. The van der Waals surface area contributed by atoms with Gasteiger partial charge in [-0.3, -0.25) is 9.78 Å². The minimum absolute atomic E-state index is 0.0532. The molecule has 1 atom stereocenters. The molecule has 1 amide bonds. The molecule has 3 rings (SSSR count). The molecule has 1 aliphatic heterocycles. The highest BCUT2D eigenvalue weighted by Crippen LogP contribution is 2.33. The number of rotatable bonds is 6. The van der Waals surface area contributed by atoms with Gasteiger partial charge in [0.05, 0.1) is 17.4 Å². The predicted molar refractivity (Wildman–Crippen MR) is 98.5 cm³/mol. The van der Waals surface area contributed by atoms with Crippen molar-refractivity contribution >= 4 is 17.4 Å². The summed E-state index contributed by atoms with van der Waals surface area (Å²) in [7, 11) is 4.09. The Morgan fingerprint density at radius 2 is 2.24 bits per heavy atom. The summed E-state index contributed by atoms with van der Waals surface area (Å²) in [6.45, 7) is 3.73. The minimum atomic E-state index is 0.0532. The van der Waals surface area contributed by atoms with Crippen molar-refractivity contribution in [2.45, 2.75) is 45.2 Å². The van der Waals surface area contributed by atoms with E-state index in [0.29, 0.717) is 4.88 Å². The zero-order chi connectivity index (χ0) is 17.8. The van der Waals surface area contributed by atoms with Crippen molar-refractivity contribution in [3.63, 3.8) is 0 Å². The first kappa shape index (κ1) is 17.9. The van der Waals surface area contributed by atoms with Gasteiger partial charge in [-0.05, 0) is 56.5 Å². The van der Waals surface area contributed by atoms with E-state index < -0.39 is 0 Å². The fraction of sp³-hybridized carbons (Fsp3) is 0.556. The molecule has 1 fully saturated rings. The largest absolute Gasteiger partial charge is 0.329 e. The number of amides is 1. The molecular formula is C18H25N5OS. The van der Waals surface area contributed by atoms with Crippen LogP contribution in [0.1, 0.15) is 58.9 Å². The maximum absolute atomic E-state index is 13.0. The summed E-state index contributed by atoms with van der Waals surface area (Å²) in [5.41, 5.74) is 2.99. The van der Waals surface area contributed by atoms with E-state index in [4.69, 9.17) is 0 Å². The molecule has 0 unspecified atom stereocenters. The van der Waals surface area contributed by atoms with Gasteiger partial charge in [-0.2, -0.15) is 0 Å². The number of aryl methyl sites for hydroxylation is 1. The summed E-state index contributed by atoms with van der Waals surface area (Å²) in [5.74, 6) is 0.0557. The summed E-state index contributed by atoms with van der Waals surface area (Å²) in [4.78, 5) is 22.4. The van der Waals surface area contributed by atoms with Crippen LogP contribution in [-0.2, 0) is 13.0 Å². The SMILES string of the molecule is CCCc1nnsc1C(=O)N1CCC[C@H]1c1ccc(CN(C)C)cn1. The van der Waals surface area contributed by atoms with Crippen LogP contribution in [0.15, 0.2) is 18.3 Å². The Labute approximate surface area is 153 Å². The topological polar surface area (TPSA) is 62.2 Å². The second kappa shape index (κ2) is 8.01. The monoisotopic (exact) mass is 359 g/mol. The van der Waals surface area contributed by atoms with Crippen molar-refractivity contribution in [3.8, 4) is 0 Å². The number of nitrogens with zero attached hydrogens (tertiary/aromatic N) is 5. The Morgan fingerprint density at radius 3 is 2.92 bits per heavy atom. The lowest BCUT2D eigenvalue weighted by Crippen LogP contribution is -2.31. The van der Waals surface area contributed by atoms with Crippen molar-refractivity contribution in [2.75, 3.05) is 20.6 Å². The number of pyridine rings is 1. The lowest BCUT2D eigenvalue weighted by Gasteiger charge is -2.24. The van der Waals surface area contributed by atoms with E-state index in [9.17, 15) is 4.79 Å². The van der Waals surface area contributed by atoms with Gasteiger partial charge in [0.25, 0.3) is 5.91 Å². The zero-order valence-corrected chi connectivity index (χ0v) is 15.9. The first-order chi connectivity index (χ1) is 12.1. The van der Waals surface area contributed by atoms with Crippen molar-refractivity contribution in [2.24, 2.45) is 0 Å². The van der Waals surface area contributed by atoms with Crippen molar-refractivity contribution in [3.05, 3.63) is 40.2 Å². The Hall–Kier alpha value is -1.86. The van der Waals surface area contributed by atoms with Gasteiger partial charge in [0, 0.05) is 19.3 Å². The van der Waals surface area contributed by atoms with Gasteiger partial charge < -0.3 is 9.80 Å². The molecule has 134 valence electrons. The van der Waals surface area contributed by atoms with Crippen LogP contribution in [0.2, 0.25) is 0 Å². The molecule has 0 saturated carbocycles. The molecule has 0 N–H and O–H groups in total.